The van der Waals surface area contributed by atoms with Gasteiger partial charge in [-0.2, -0.15) is 4.99 Å². The minimum Gasteiger partial charge on any atom is -0.273 e. The molecule has 0 aromatic rings. The van der Waals surface area contributed by atoms with E-state index in [0.29, 0.717) is 17.9 Å². The molecule has 1 aliphatic rings. The van der Waals surface area contributed by atoms with Crippen molar-refractivity contribution < 1.29 is 9.59 Å². The van der Waals surface area contributed by atoms with Crippen LogP contribution in [0.15, 0.2) is 4.99 Å². The summed E-state index contributed by atoms with van der Waals surface area (Å²) >= 11 is 1.39. The van der Waals surface area contributed by atoms with E-state index in [1.165, 1.54) is 18.8 Å². The summed E-state index contributed by atoms with van der Waals surface area (Å²) in [5.74, 6) is -0.128. The molecule has 0 saturated heterocycles. The zero-order chi connectivity index (χ0) is 11.6. The van der Waals surface area contributed by atoms with E-state index in [1.54, 1.807) is 0 Å². The maximum absolute atomic E-state index is 12.1. The SMILES string of the molecule is CCC1(CC)C(=O)N(C)C(=O)N=C1SC. The molecule has 0 saturated carbocycles. The molecule has 3 amide bonds. The molecule has 84 valence electrons. The topological polar surface area (TPSA) is 49.7 Å². The maximum atomic E-state index is 12.1. The van der Waals surface area contributed by atoms with Crippen LogP contribution >= 0.6 is 11.8 Å². The molecule has 0 radical (unpaired) electrons. The molecule has 1 heterocycles. The average Bonchev–Trinajstić information content (AvgIpc) is 2.26. The number of hydrogen-bond acceptors (Lipinski definition) is 3. The van der Waals surface area contributed by atoms with Crippen molar-refractivity contribution in [1.29, 1.82) is 0 Å². The first-order valence-corrected chi connectivity index (χ1v) is 6.21. The van der Waals surface area contributed by atoms with Crippen molar-refractivity contribution in [1.82, 2.24) is 4.90 Å². The molecule has 0 N–H and O–H groups in total. The number of nitrogens with zero attached hydrogens (tertiary/aromatic N) is 2. The normalized spacial score (nSPS) is 20.5. The lowest BCUT2D eigenvalue weighted by molar-refractivity contribution is -0.134. The molecule has 0 aromatic heterocycles. The quantitative estimate of drug-likeness (QED) is 0.727. The molecule has 0 spiro atoms. The molecule has 1 rings (SSSR count). The molecular formula is C10H16N2O2S. The summed E-state index contributed by atoms with van der Waals surface area (Å²) in [4.78, 5) is 28.6. The monoisotopic (exact) mass is 228 g/mol. The van der Waals surface area contributed by atoms with Crippen molar-refractivity contribution in [3.63, 3.8) is 0 Å². The largest absolute Gasteiger partial charge is 0.350 e. The third kappa shape index (κ3) is 1.69. The van der Waals surface area contributed by atoms with Crippen LogP contribution in [-0.2, 0) is 4.79 Å². The summed E-state index contributed by atoms with van der Waals surface area (Å²) in [5, 5.41) is 0.653. The molecule has 0 bridgehead atoms. The second-order valence-corrected chi connectivity index (χ2v) is 4.35. The lowest BCUT2D eigenvalue weighted by Gasteiger charge is -2.36. The van der Waals surface area contributed by atoms with Gasteiger partial charge in [0.05, 0.1) is 10.5 Å². The second-order valence-electron chi connectivity index (χ2n) is 3.56. The third-order valence-corrected chi connectivity index (χ3v) is 3.88. The predicted octanol–water partition coefficient (Wildman–Crippen LogP) is 2.15. The first-order chi connectivity index (χ1) is 7.03. The number of aliphatic imine (C=N–C) groups is 1. The Balaban J connectivity index is 3.28. The predicted molar refractivity (Wildman–Crippen MR) is 62.1 cm³/mol. The lowest BCUT2D eigenvalue weighted by atomic mass is 9.81. The maximum Gasteiger partial charge on any atom is 0.350 e. The van der Waals surface area contributed by atoms with Crippen molar-refractivity contribution in [2.24, 2.45) is 10.4 Å². The van der Waals surface area contributed by atoms with Gasteiger partial charge >= 0.3 is 6.03 Å². The Morgan fingerprint density at radius 2 is 1.87 bits per heavy atom. The molecule has 0 fully saturated rings. The number of carbonyl (C=O) groups is 2. The highest BCUT2D eigenvalue weighted by atomic mass is 32.2. The van der Waals surface area contributed by atoms with Gasteiger partial charge in [-0.05, 0) is 19.1 Å². The minimum absolute atomic E-state index is 0.128. The number of amides is 3. The zero-order valence-electron chi connectivity index (χ0n) is 9.53. The van der Waals surface area contributed by atoms with E-state index in [-0.39, 0.29) is 5.91 Å². The molecule has 15 heavy (non-hydrogen) atoms. The van der Waals surface area contributed by atoms with Crippen molar-refractivity contribution in [2.75, 3.05) is 13.3 Å². The van der Waals surface area contributed by atoms with Crippen LogP contribution in [0.25, 0.3) is 0 Å². The van der Waals surface area contributed by atoms with Gasteiger partial charge in [0.15, 0.2) is 0 Å². The van der Waals surface area contributed by atoms with Gasteiger partial charge in [-0.25, -0.2) is 4.79 Å². The Morgan fingerprint density at radius 3 is 2.27 bits per heavy atom. The first-order valence-electron chi connectivity index (χ1n) is 4.98. The standard InChI is InChI=1S/C10H16N2O2S/c1-5-10(6-2)7(15-4)11-9(14)12(3)8(10)13/h5-6H2,1-4H3. The highest BCUT2D eigenvalue weighted by molar-refractivity contribution is 8.13. The van der Waals surface area contributed by atoms with Crippen LogP contribution < -0.4 is 0 Å². The van der Waals surface area contributed by atoms with Crippen LogP contribution in [0.1, 0.15) is 26.7 Å². The van der Waals surface area contributed by atoms with Crippen molar-refractivity contribution >= 4 is 28.7 Å². The van der Waals surface area contributed by atoms with Crippen molar-refractivity contribution in [3.8, 4) is 0 Å². The third-order valence-electron chi connectivity index (χ3n) is 3.01. The van der Waals surface area contributed by atoms with Gasteiger partial charge in [0.1, 0.15) is 0 Å². The summed E-state index contributed by atoms with van der Waals surface area (Å²) in [6.45, 7) is 3.91. The number of rotatable bonds is 2. The zero-order valence-corrected chi connectivity index (χ0v) is 10.3. The van der Waals surface area contributed by atoms with Gasteiger partial charge in [-0.3, -0.25) is 9.69 Å². The van der Waals surface area contributed by atoms with E-state index >= 15 is 0 Å². The Bertz CT molecular complexity index is 321. The fourth-order valence-corrected chi connectivity index (χ4v) is 2.80. The fraction of sp³-hybridized carbons (Fsp3) is 0.700. The first kappa shape index (κ1) is 12.2. The van der Waals surface area contributed by atoms with E-state index < -0.39 is 11.4 Å². The number of imide groups is 1. The second kappa shape index (κ2) is 4.35. The van der Waals surface area contributed by atoms with E-state index in [0.717, 1.165) is 4.90 Å². The summed E-state index contributed by atoms with van der Waals surface area (Å²) in [7, 11) is 1.49. The molecule has 0 aliphatic carbocycles. The highest BCUT2D eigenvalue weighted by Crippen LogP contribution is 2.37. The van der Waals surface area contributed by atoms with E-state index in [2.05, 4.69) is 4.99 Å². The van der Waals surface area contributed by atoms with E-state index in [4.69, 9.17) is 0 Å². The molecule has 0 unspecified atom stereocenters. The average molecular weight is 228 g/mol. The van der Waals surface area contributed by atoms with Gasteiger partial charge in [0.2, 0.25) is 5.91 Å². The number of thioether (sulfide) groups is 1. The van der Waals surface area contributed by atoms with Crippen LogP contribution in [0.5, 0.6) is 0 Å². The van der Waals surface area contributed by atoms with Crippen molar-refractivity contribution in [3.05, 3.63) is 0 Å². The van der Waals surface area contributed by atoms with Crippen molar-refractivity contribution in [2.45, 2.75) is 26.7 Å². The molecule has 4 nitrogen and oxygen atoms in total. The molecule has 5 heteroatoms. The van der Waals surface area contributed by atoms with Crippen LogP contribution in [0.4, 0.5) is 4.79 Å². The van der Waals surface area contributed by atoms with E-state index in [1.807, 2.05) is 20.1 Å². The Labute approximate surface area is 94.1 Å². The summed E-state index contributed by atoms with van der Waals surface area (Å²) < 4.78 is 0. The molecular weight excluding hydrogens is 212 g/mol. The van der Waals surface area contributed by atoms with Crippen LogP contribution in [0.3, 0.4) is 0 Å². The van der Waals surface area contributed by atoms with E-state index in [9.17, 15) is 9.59 Å². The Hall–Kier alpha value is -0.840. The smallest absolute Gasteiger partial charge is 0.273 e. The van der Waals surface area contributed by atoms with Crippen LogP contribution in [0.2, 0.25) is 0 Å². The van der Waals surface area contributed by atoms with Gasteiger partial charge in [0, 0.05) is 7.05 Å². The van der Waals surface area contributed by atoms with Gasteiger partial charge in [-0.15, -0.1) is 11.8 Å². The molecule has 1 aliphatic heterocycles. The van der Waals surface area contributed by atoms with Gasteiger partial charge in [-0.1, -0.05) is 13.8 Å². The Morgan fingerprint density at radius 1 is 1.33 bits per heavy atom. The minimum atomic E-state index is -0.581. The Kier molecular flexibility index (Phi) is 3.54. The lowest BCUT2D eigenvalue weighted by Crippen LogP contribution is -2.51. The highest BCUT2D eigenvalue weighted by Gasteiger charge is 2.46. The number of urea groups is 1. The number of carbonyl (C=O) groups excluding carboxylic acids is 2. The van der Waals surface area contributed by atoms with Crippen LogP contribution in [0, 0.1) is 5.41 Å². The summed E-state index contributed by atoms with van der Waals surface area (Å²) in [6, 6.07) is -0.457. The molecule has 0 aromatic carbocycles. The van der Waals surface area contributed by atoms with Gasteiger partial charge in [0.25, 0.3) is 0 Å². The number of hydrogen-bond donors (Lipinski definition) is 0. The fourth-order valence-electron chi connectivity index (χ4n) is 1.86. The molecule has 0 atom stereocenters. The van der Waals surface area contributed by atoms with Gasteiger partial charge < -0.3 is 0 Å². The van der Waals surface area contributed by atoms with Crippen LogP contribution in [-0.4, -0.2) is 35.2 Å². The summed E-state index contributed by atoms with van der Waals surface area (Å²) in [5.41, 5.74) is -0.581. The summed E-state index contributed by atoms with van der Waals surface area (Å²) in [6.07, 6.45) is 3.21.